The van der Waals surface area contributed by atoms with Crippen molar-refractivity contribution in [2.45, 2.75) is 13.0 Å². The lowest BCUT2D eigenvalue weighted by molar-refractivity contribution is 0.0948. The standard InChI is InChI=1S/C14H16N6OS/c1-19-8-11(7-17-19)14-18-12(9-22-14)13(21)16-3-2-5-20-6-4-15-10-20/h4,6-10H,2-3,5H2,1H3,(H,16,21). The van der Waals surface area contributed by atoms with Gasteiger partial charge in [-0.3, -0.25) is 9.48 Å². The highest BCUT2D eigenvalue weighted by Gasteiger charge is 2.12. The highest BCUT2D eigenvalue weighted by Crippen LogP contribution is 2.22. The van der Waals surface area contributed by atoms with E-state index in [-0.39, 0.29) is 5.91 Å². The number of hydrogen-bond donors (Lipinski definition) is 1. The SMILES string of the molecule is Cn1cc(-c2nc(C(=O)NCCCn3ccnc3)cs2)cn1. The Morgan fingerprint density at radius 3 is 3.09 bits per heavy atom. The summed E-state index contributed by atoms with van der Waals surface area (Å²) >= 11 is 1.44. The minimum Gasteiger partial charge on any atom is -0.351 e. The second kappa shape index (κ2) is 6.52. The zero-order valence-electron chi connectivity index (χ0n) is 12.1. The van der Waals surface area contributed by atoms with Gasteiger partial charge in [-0.2, -0.15) is 5.10 Å². The number of carbonyl (C=O) groups excluding carboxylic acids is 1. The van der Waals surface area contributed by atoms with Crippen LogP contribution in [0.3, 0.4) is 0 Å². The van der Waals surface area contributed by atoms with Crippen molar-refractivity contribution in [3.63, 3.8) is 0 Å². The molecule has 7 nitrogen and oxygen atoms in total. The van der Waals surface area contributed by atoms with E-state index in [9.17, 15) is 4.79 Å². The van der Waals surface area contributed by atoms with E-state index < -0.39 is 0 Å². The van der Waals surface area contributed by atoms with E-state index in [1.807, 2.05) is 24.0 Å². The van der Waals surface area contributed by atoms with Gasteiger partial charge in [-0.15, -0.1) is 11.3 Å². The molecule has 1 amide bonds. The van der Waals surface area contributed by atoms with E-state index in [1.54, 1.807) is 28.8 Å². The molecule has 0 atom stereocenters. The summed E-state index contributed by atoms with van der Waals surface area (Å²) in [6, 6.07) is 0. The number of amides is 1. The van der Waals surface area contributed by atoms with E-state index in [2.05, 4.69) is 20.4 Å². The maximum atomic E-state index is 12.0. The minimum absolute atomic E-state index is 0.142. The number of aromatic nitrogens is 5. The number of nitrogens with one attached hydrogen (secondary N) is 1. The smallest absolute Gasteiger partial charge is 0.270 e. The lowest BCUT2D eigenvalue weighted by Crippen LogP contribution is -2.25. The van der Waals surface area contributed by atoms with Gasteiger partial charge in [0.2, 0.25) is 0 Å². The molecule has 0 saturated heterocycles. The maximum absolute atomic E-state index is 12.0. The second-order valence-corrected chi connectivity index (χ2v) is 5.71. The monoisotopic (exact) mass is 316 g/mol. The summed E-state index contributed by atoms with van der Waals surface area (Å²) in [5, 5.41) is 9.56. The second-order valence-electron chi connectivity index (χ2n) is 4.85. The third kappa shape index (κ3) is 3.40. The Kier molecular flexibility index (Phi) is 4.29. The fraction of sp³-hybridized carbons (Fsp3) is 0.286. The average Bonchev–Trinajstić information content (AvgIpc) is 3.24. The molecular formula is C14H16N6OS. The lowest BCUT2D eigenvalue weighted by Gasteiger charge is -2.03. The predicted octanol–water partition coefficient (Wildman–Crippen LogP) is 1.56. The molecule has 3 heterocycles. The molecule has 0 aliphatic rings. The van der Waals surface area contributed by atoms with Crippen LogP contribution in [0.5, 0.6) is 0 Å². The van der Waals surface area contributed by atoms with Gasteiger partial charge in [-0.05, 0) is 6.42 Å². The van der Waals surface area contributed by atoms with Crippen LogP contribution in [0, 0.1) is 0 Å². The summed E-state index contributed by atoms with van der Waals surface area (Å²) in [5.41, 5.74) is 1.37. The summed E-state index contributed by atoms with van der Waals surface area (Å²) < 4.78 is 3.70. The van der Waals surface area contributed by atoms with Gasteiger partial charge in [0.25, 0.3) is 5.91 Å². The molecular weight excluding hydrogens is 300 g/mol. The van der Waals surface area contributed by atoms with E-state index in [0.29, 0.717) is 12.2 Å². The molecule has 3 rings (SSSR count). The van der Waals surface area contributed by atoms with Gasteiger partial charge < -0.3 is 9.88 Å². The van der Waals surface area contributed by atoms with Crippen molar-refractivity contribution >= 4 is 17.2 Å². The van der Waals surface area contributed by atoms with Crippen LogP contribution in [-0.2, 0) is 13.6 Å². The molecule has 3 aromatic heterocycles. The molecule has 0 bridgehead atoms. The topological polar surface area (TPSA) is 77.6 Å². The average molecular weight is 316 g/mol. The highest BCUT2D eigenvalue weighted by molar-refractivity contribution is 7.13. The van der Waals surface area contributed by atoms with Crippen LogP contribution in [0.4, 0.5) is 0 Å². The van der Waals surface area contributed by atoms with Crippen LogP contribution < -0.4 is 5.32 Å². The first kappa shape index (κ1) is 14.5. The maximum Gasteiger partial charge on any atom is 0.270 e. The Balaban J connectivity index is 1.51. The number of rotatable bonds is 6. The van der Waals surface area contributed by atoms with E-state index in [4.69, 9.17) is 0 Å². The number of imidazole rings is 1. The number of nitrogens with zero attached hydrogens (tertiary/aromatic N) is 5. The van der Waals surface area contributed by atoms with Crippen molar-refractivity contribution in [1.29, 1.82) is 0 Å². The molecule has 0 aromatic carbocycles. The van der Waals surface area contributed by atoms with E-state index >= 15 is 0 Å². The predicted molar refractivity (Wildman–Crippen MR) is 83.5 cm³/mol. The Labute approximate surface area is 131 Å². The Hall–Kier alpha value is -2.48. The van der Waals surface area contributed by atoms with Crippen molar-refractivity contribution in [3.05, 3.63) is 42.2 Å². The van der Waals surface area contributed by atoms with Gasteiger partial charge in [0.05, 0.1) is 12.5 Å². The fourth-order valence-corrected chi connectivity index (χ4v) is 2.79. The van der Waals surface area contributed by atoms with Gasteiger partial charge >= 0.3 is 0 Å². The van der Waals surface area contributed by atoms with Crippen LogP contribution in [0.25, 0.3) is 10.6 Å². The molecule has 0 aliphatic carbocycles. The summed E-state index contributed by atoms with van der Waals surface area (Å²) in [7, 11) is 1.85. The van der Waals surface area contributed by atoms with Crippen molar-refractivity contribution in [2.24, 2.45) is 7.05 Å². The van der Waals surface area contributed by atoms with Gasteiger partial charge in [0, 0.05) is 49.7 Å². The van der Waals surface area contributed by atoms with Crippen LogP contribution in [0.15, 0.2) is 36.5 Å². The van der Waals surface area contributed by atoms with Gasteiger partial charge in [-0.1, -0.05) is 0 Å². The molecule has 0 spiro atoms. The highest BCUT2D eigenvalue weighted by atomic mass is 32.1. The van der Waals surface area contributed by atoms with Gasteiger partial charge in [0.1, 0.15) is 10.7 Å². The molecule has 3 aromatic rings. The van der Waals surface area contributed by atoms with E-state index in [0.717, 1.165) is 23.5 Å². The Bertz CT molecular complexity index is 745. The molecule has 0 aliphatic heterocycles. The van der Waals surface area contributed by atoms with Crippen molar-refractivity contribution in [3.8, 4) is 10.6 Å². The molecule has 0 fully saturated rings. The summed E-state index contributed by atoms with van der Waals surface area (Å²) in [4.78, 5) is 20.4. The number of thiazole rings is 1. The molecule has 0 unspecified atom stereocenters. The first-order chi connectivity index (χ1) is 10.7. The molecule has 8 heteroatoms. The summed E-state index contributed by atoms with van der Waals surface area (Å²) in [6.45, 7) is 1.44. The zero-order chi connectivity index (χ0) is 15.4. The van der Waals surface area contributed by atoms with Crippen LogP contribution in [-0.4, -0.2) is 36.8 Å². The van der Waals surface area contributed by atoms with Crippen LogP contribution in [0.1, 0.15) is 16.9 Å². The number of carbonyl (C=O) groups is 1. The third-order valence-corrected chi connectivity index (χ3v) is 4.02. The zero-order valence-corrected chi connectivity index (χ0v) is 13.0. The molecule has 0 saturated carbocycles. The normalized spacial score (nSPS) is 10.8. The first-order valence-corrected chi connectivity index (χ1v) is 7.79. The van der Waals surface area contributed by atoms with Crippen molar-refractivity contribution in [2.75, 3.05) is 6.54 Å². The quantitative estimate of drug-likeness (QED) is 0.700. The minimum atomic E-state index is -0.142. The first-order valence-electron chi connectivity index (χ1n) is 6.91. The molecule has 114 valence electrons. The molecule has 1 N–H and O–H groups in total. The molecule has 0 radical (unpaired) electrons. The lowest BCUT2D eigenvalue weighted by atomic mass is 10.3. The number of hydrogen-bond acceptors (Lipinski definition) is 5. The van der Waals surface area contributed by atoms with Gasteiger partial charge in [-0.25, -0.2) is 9.97 Å². The number of aryl methyl sites for hydroxylation is 2. The Morgan fingerprint density at radius 1 is 1.45 bits per heavy atom. The van der Waals surface area contributed by atoms with Crippen molar-refractivity contribution < 1.29 is 4.79 Å². The summed E-state index contributed by atoms with van der Waals surface area (Å²) in [5.74, 6) is -0.142. The summed E-state index contributed by atoms with van der Waals surface area (Å²) in [6.07, 6.45) is 9.89. The van der Waals surface area contributed by atoms with Crippen LogP contribution in [0.2, 0.25) is 0 Å². The largest absolute Gasteiger partial charge is 0.351 e. The molecule has 22 heavy (non-hydrogen) atoms. The fourth-order valence-electron chi connectivity index (χ4n) is 2.02. The van der Waals surface area contributed by atoms with Crippen molar-refractivity contribution in [1.82, 2.24) is 29.6 Å². The van der Waals surface area contributed by atoms with Gasteiger partial charge in [0.15, 0.2) is 0 Å². The third-order valence-electron chi connectivity index (χ3n) is 3.13. The Morgan fingerprint density at radius 2 is 2.36 bits per heavy atom. The van der Waals surface area contributed by atoms with E-state index in [1.165, 1.54) is 11.3 Å². The van der Waals surface area contributed by atoms with Crippen LogP contribution >= 0.6 is 11.3 Å².